The van der Waals surface area contributed by atoms with Crippen molar-refractivity contribution < 1.29 is 4.79 Å². The molecule has 0 amide bonds. The third-order valence-corrected chi connectivity index (χ3v) is 3.99. The summed E-state index contributed by atoms with van der Waals surface area (Å²) in [6, 6.07) is 15.3. The first kappa shape index (κ1) is 16.6. The van der Waals surface area contributed by atoms with Gasteiger partial charge in [0, 0.05) is 23.0 Å². The predicted octanol–water partition coefficient (Wildman–Crippen LogP) is 4.78. The number of carbonyl (C=O) groups excluding carboxylic acids is 1. The number of aromatic nitrogens is 2. The molecule has 0 saturated heterocycles. The lowest BCUT2D eigenvalue weighted by atomic mass is 10.1. The van der Waals surface area contributed by atoms with Crippen LogP contribution in [-0.4, -0.2) is 15.8 Å². The zero-order valence-electron chi connectivity index (χ0n) is 14.5. The highest BCUT2D eigenvalue weighted by atomic mass is 16.1. The maximum atomic E-state index is 11.5. The molecule has 2 N–H and O–H groups in total. The Kier molecular flexibility index (Phi) is 4.75. The number of aryl methyl sites for hydroxylation is 2. The van der Waals surface area contributed by atoms with Crippen molar-refractivity contribution in [1.82, 2.24) is 9.97 Å². The van der Waals surface area contributed by atoms with Gasteiger partial charge >= 0.3 is 0 Å². The first-order chi connectivity index (χ1) is 12.0. The molecule has 5 heteroatoms. The van der Waals surface area contributed by atoms with Gasteiger partial charge in [0.1, 0.15) is 18.0 Å². The summed E-state index contributed by atoms with van der Waals surface area (Å²) in [4.78, 5) is 20.0. The number of Topliss-reactive ketones (excluding diaryl/α,β-unsaturated/α-hetero) is 1. The molecule has 0 atom stereocenters. The summed E-state index contributed by atoms with van der Waals surface area (Å²) in [5.74, 6) is 1.38. The molecule has 0 aliphatic carbocycles. The zero-order chi connectivity index (χ0) is 17.8. The molecule has 2 aromatic carbocycles. The molecule has 1 aromatic heterocycles. The number of ketones is 1. The zero-order valence-corrected chi connectivity index (χ0v) is 14.5. The third-order valence-electron chi connectivity index (χ3n) is 3.99. The van der Waals surface area contributed by atoms with Crippen LogP contribution < -0.4 is 10.6 Å². The average molecular weight is 332 g/mol. The second-order valence-corrected chi connectivity index (χ2v) is 5.97. The molecule has 3 rings (SSSR count). The van der Waals surface area contributed by atoms with Gasteiger partial charge in [0.2, 0.25) is 0 Å². The largest absolute Gasteiger partial charge is 0.340 e. The van der Waals surface area contributed by atoms with Crippen molar-refractivity contribution in [3.8, 4) is 0 Å². The van der Waals surface area contributed by atoms with Gasteiger partial charge in [-0.2, -0.15) is 0 Å². The Hall–Kier alpha value is -3.21. The van der Waals surface area contributed by atoms with E-state index in [0.717, 1.165) is 11.4 Å². The molecule has 1 heterocycles. The number of hydrogen-bond acceptors (Lipinski definition) is 5. The second-order valence-electron chi connectivity index (χ2n) is 5.97. The van der Waals surface area contributed by atoms with Crippen LogP contribution in [0.15, 0.2) is 54.9 Å². The van der Waals surface area contributed by atoms with Gasteiger partial charge in [0.15, 0.2) is 5.78 Å². The van der Waals surface area contributed by atoms with Gasteiger partial charge < -0.3 is 10.6 Å². The maximum Gasteiger partial charge on any atom is 0.159 e. The number of nitrogens with zero attached hydrogens (tertiary/aromatic N) is 2. The van der Waals surface area contributed by atoms with Gasteiger partial charge in [-0.25, -0.2) is 9.97 Å². The summed E-state index contributed by atoms with van der Waals surface area (Å²) in [5, 5.41) is 6.49. The molecule has 0 saturated carbocycles. The van der Waals surface area contributed by atoms with Crippen molar-refractivity contribution in [3.63, 3.8) is 0 Å². The van der Waals surface area contributed by atoms with E-state index in [2.05, 4.69) is 46.6 Å². The highest BCUT2D eigenvalue weighted by molar-refractivity contribution is 5.95. The quantitative estimate of drug-likeness (QED) is 0.658. The van der Waals surface area contributed by atoms with Crippen molar-refractivity contribution in [1.29, 1.82) is 0 Å². The Morgan fingerprint density at radius 3 is 2.16 bits per heavy atom. The van der Waals surface area contributed by atoms with Crippen LogP contribution in [-0.2, 0) is 0 Å². The molecule has 0 fully saturated rings. The van der Waals surface area contributed by atoms with E-state index in [1.807, 2.05) is 24.3 Å². The Morgan fingerprint density at radius 2 is 1.52 bits per heavy atom. The fourth-order valence-corrected chi connectivity index (χ4v) is 2.42. The van der Waals surface area contributed by atoms with Crippen LogP contribution in [0.5, 0.6) is 0 Å². The number of carbonyl (C=O) groups is 1. The fraction of sp³-hybridized carbons (Fsp3) is 0.150. The fourth-order valence-electron chi connectivity index (χ4n) is 2.42. The van der Waals surface area contributed by atoms with E-state index < -0.39 is 0 Å². The van der Waals surface area contributed by atoms with E-state index in [9.17, 15) is 4.79 Å². The molecule has 0 unspecified atom stereocenters. The van der Waals surface area contributed by atoms with Gasteiger partial charge in [-0.1, -0.05) is 18.2 Å². The summed E-state index contributed by atoms with van der Waals surface area (Å²) in [6.07, 6.45) is 1.50. The summed E-state index contributed by atoms with van der Waals surface area (Å²) < 4.78 is 0. The summed E-state index contributed by atoms with van der Waals surface area (Å²) in [6.45, 7) is 5.71. The number of nitrogens with one attached hydrogen (secondary N) is 2. The monoisotopic (exact) mass is 332 g/mol. The smallest absolute Gasteiger partial charge is 0.159 e. The van der Waals surface area contributed by atoms with Crippen LogP contribution in [0.25, 0.3) is 0 Å². The van der Waals surface area contributed by atoms with Gasteiger partial charge in [-0.3, -0.25) is 4.79 Å². The number of anilines is 4. The lowest BCUT2D eigenvalue weighted by molar-refractivity contribution is 0.101. The molecular weight excluding hydrogens is 312 g/mol. The van der Waals surface area contributed by atoms with Crippen LogP contribution in [0.2, 0.25) is 0 Å². The lowest BCUT2D eigenvalue weighted by Gasteiger charge is -2.10. The van der Waals surface area contributed by atoms with Crippen LogP contribution in [0.3, 0.4) is 0 Å². The average Bonchev–Trinajstić information content (AvgIpc) is 2.59. The van der Waals surface area contributed by atoms with E-state index in [4.69, 9.17) is 0 Å². The molecule has 5 nitrogen and oxygen atoms in total. The minimum absolute atomic E-state index is 0.0310. The van der Waals surface area contributed by atoms with E-state index in [0.29, 0.717) is 17.2 Å². The predicted molar refractivity (Wildman–Crippen MR) is 101 cm³/mol. The molecule has 0 radical (unpaired) electrons. The van der Waals surface area contributed by atoms with E-state index in [1.165, 1.54) is 17.5 Å². The second kappa shape index (κ2) is 7.13. The van der Waals surface area contributed by atoms with E-state index in [-0.39, 0.29) is 5.78 Å². The van der Waals surface area contributed by atoms with Crippen molar-refractivity contribution in [2.24, 2.45) is 0 Å². The third kappa shape index (κ3) is 4.20. The first-order valence-corrected chi connectivity index (χ1v) is 8.05. The molecule has 0 aliphatic rings. The molecule has 0 spiro atoms. The van der Waals surface area contributed by atoms with Crippen molar-refractivity contribution in [2.45, 2.75) is 20.8 Å². The number of hydrogen-bond donors (Lipinski definition) is 2. The SMILES string of the molecule is CC(=O)c1cccc(Nc2cc(Nc3ccc(C)c(C)c3)ncn2)c1. The van der Waals surface area contributed by atoms with Crippen molar-refractivity contribution >= 4 is 28.8 Å². The molecule has 3 aromatic rings. The minimum atomic E-state index is 0.0310. The van der Waals surface area contributed by atoms with E-state index >= 15 is 0 Å². The molecule has 126 valence electrons. The summed E-state index contributed by atoms with van der Waals surface area (Å²) in [5.41, 5.74) is 4.92. The van der Waals surface area contributed by atoms with Crippen molar-refractivity contribution in [2.75, 3.05) is 10.6 Å². The number of benzene rings is 2. The van der Waals surface area contributed by atoms with Crippen LogP contribution in [0.4, 0.5) is 23.0 Å². The molecular formula is C20H20N4O. The maximum absolute atomic E-state index is 11.5. The first-order valence-electron chi connectivity index (χ1n) is 8.05. The number of rotatable bonds is 5. The topological polar surface area (TPSA) is 66.9 Å². The minimum Gasteiger partial charge on any atom is -0.340 e. The van der Waals surface area contributed by atoms with Gasteiger partial charge in [-0.15, -0.1) is 0 Å². The molecule has 25 heavy (non-hydrogen) atoms. The van der Waals surface area contributed by atoms with Crippen LogP contribution in [0.1, 0.15) is 28.4 Å². The highest BCUT2D eigenvalue weighted by Crippen LogP contribution is 2.21. The Bertz CT molecular complexity index is 921. The normalized spacial score (nSPS) is 10.4. The van der Waals surface area contributed by atoms with Crippen LogP contribution >= 0.6 is 0 Å². The lowest BCUT2D eigenvalue weighted by Crippen LogP contribution is -2.00. The molecule has 0 bridgehead atoms. The van der Waals surface area contributed by atoms with Gasteiger partial charge in [-0.05, 0) is 56.2 Å². The van der Waals surface area contributed by atoms with E-state index in [1.54, 1.807) is 19.1 Å². The standard InChI is InChI=1S/C20H20N4O/c1-13-7-8-18(9-14(13)2)24-20-11-19(21-12-22-20)23-17-6-4-5-16(10-17)15(3)25/h4-12H,1-3H3,(H2,21,22,23,24). The highest BCUT2D eigenvalue weighted by Gasteiger charge is 2.04. The Labute approximate surface area is 147 Å². The Balaban J connectivity index is 1.78. The van der Waals surface area contributed by atoms with Crippen molar-refractivity contribution in [3.05, 3.63) is 71.5 Å². The summed E-state index contributed by atoms with van der Waals surface area (Å²) >= 11 is 0. The van der Waals surface area contributed by atoms with Crippen LogP contribution in [0, 0.1) is 13.8 Å². The molecule has 0 aliphatic heterocycles. The van der Waals surface area contributed by atoms with Gasteiger partial charge in [0.05, 0.1) is 0 Å². The Morgan fingerprint density at radius 1 is 0.840 bits per heavy atom. The summed E-state index contributed by atoms with van der Waals surface area (Å²) in [7, 11) is 0. The van der Waals surface area contributed by atoms with Gasteiger partial charge in [0.25, 0.3) is 0 Å².